The van der Waals surface area contributed by atoms with Gasteiger partial charge in [-0.2, -0.15) is 9.97 Å². The maximum absolute atomic E-state index is 12.3. The molecule has 1 aromatic heterocycles. The Morgan fingerprint density at radius 2 is 1.98 bits per heavy atom. The number of amides is 1. The summed E-state index contributed by atoms with van der Waals surface area (Å²) in [6, 6.07) is 13.0. The van der Waals surface area contributed by atoms with Gasteiger partial charge in [-0.05, 0) is 92.6 Å². The van der Waals surface area contributed by atoms with Gasteiger partial charge < -0.3 is 24.5 Å². The normalized spacial score (nSPS) is 24.9. The lowest BCUT2D eigenvalue weighted by atomic mass is 9.74. The van der Waals surface area contributed by atoms with Crippen LogP contribution in [-0.2, 0) is 17.6 Å². The molecule has 3 aromatic rings. The van der Waals surface area contributed by atoms with Crippen LogP contribution in [0.25, 0.3) is 10.8 Å². The van der Waals surface area contributed by atoms with Gasteiger partial charge in [0.25, 0.3) is 0 Å². The van der Waals surface area contributed by atoms with Gasteiger partial charge in [0.05, 0.1) is 5.69 Å². The summed E-state index contributed by atoms with van der Waals surface area (Å²) in [6.07, 6.45) is 5.29. The van der Waals surface area contributed by atoms with Crippen LogP contribution in [0.4, 0.5) is 5.82 Å². The summed E-state index contributed by atoms with van der Waals surface area (Å²) in [5, 5.41) is 12.8. The van der Waals surface area contributed by atoms with Gasteiger partial charge >= 0.3 is 6.01 Å². The number of aromatic hydroxyl groups is 1. The number of carbonyl (C=O) groups is 1. The third-order valence-corrected chi connectivity index (χ3v) is 9.42. The maximum atomic E-state index is 12.3. The van der Waals surface area contributed by atoms with Crippen LogP contribution in [0.15, 0.2) is 49.1 Å². The number of rotatable bonds is 6. The van der Waals surface area contributed by atoms with Gasteiger partial charge in [0.15, 0.2) is 0 Å². The molecule has 0 spiro atoms. The van der Waals surface area contributed by atoms with Gasteiger partial charge in [0, 0.05) is 37.3 Å². The average Bonchev–Trinajstić information content (AvgIpc) is 3.39. The molecule has 2 saturated heterocycles. The van der Waals surface area contributed by atoms with Gasteiger partial charge in [-0.15, -0.1) is 0 Å². The smallest absolute Gasteiger partial charge is 0.318 e. The molecule has 0 radical (unpaired) electrons. The lowest BCUT2D eigenvalue weighted by molar-refractivity contribution is -0.126. The van der Waals surface area contributed by atoms with Gasteiger partial charge in [0.2, 0.25) is 5.91 Å². The number of likely N-dealkylation sites (N-methyl/N-ethyl adjacent to an activating group) is 1. The summed E-state index contributed by atoms with van der Waals surface area (Å²) in [5.41, 5.74) is 3.37. The van der Waals surface area contributed by atoms with Crippen LogP contribution in [0.5, 0.6) is 11.8 Å². The van der Waals surface area contributed by atoms with Crippen LogP contribution in [0.2, 0.25) is 0 Å². The van der Waals surface area contributed by atoms with Crippen molar-refractivity contribution in [3.05, 3.63) is 65.9 Å². The Labute approximate surface area is 242 Å². The molecule has 0 bridgehead atoms. The summed E-state index contributed by atoms with van der Waals surface area (Å²) < 4.78 is 6.32. The number of nitrogens with zero attached hydrogens (tertiary/aromatic N) is 5. The second kappa shape index (κ2) is 11.3. The maximum Gasteiger partial charge on any atom is 0.318 e. The fourth-order valence-corrected chi connectivity index (χ4v) is 7.06. The first-order chi connectivity index (χ1) is 19.8. The summed E-state index contributed by atoms with van der Waals surface area (Å²) in [6.45, 7) is 11.7. The van der Waals surface area contributed by atoms with E-state index < -0.39 is 0 Å². The van der Waals surface area contributed by atoms with Crippen LogP contribution in [0, 0.1) is 5.92 Å². The van der Waals surface area contributed by atoms with E-state index in [2.05, 4.69) is 55.5 Å². The highest BCUT2D eigenvalue weighted by Crippen LogP contribution is 2.43. The largest absolute Gasteiger partial charge is 0.508 e. The number of hydrogen-bond acceptors (Lipinski definition) is 7. The molecule has 8 heteroatoms. The van der Waals surface area contributed by atoms with Crippen LogP contribution in [-0.4, -0.2) is 82.7 Å². The number of anilines is 1. The summed E-state index contributed by atoms with van der Waals surface area (Å²) in [7, 11) is 2.15. The Hall–Kier alpha value is -3.65. The Morgan fingerprint density at radius 1 is 1.15 bits per heavy atom. The topological polar surface area (TPSA) is 82.0 Å². The Bertz CT molecular complexity index is 1460. The van der Waals surface area contributed by atoms with Crippen molar-refractivity contribution in [3.63, 3.8) is 0 Å². The van der Waals surface area contributed by atoms with Gasteiger partial charge in [-0.3, -0.25) is 4.79 Å². The van der Waals surface area contributed by atoms with Crippen molar-refractivity contribution in [2.75, 3.05) is 44.7 Å². The lowest BCUT2D eigenvalue weighted by Gasteiger charge is -2.42. The summed E-state index contributed by atoms with van der Waals surface area (Å²) in [4.78, 5) is 28.9. The van der Waals surface area contributed by atoms with E-state index in [9.17, 15) is 9.90 Å². The fraction of sp³-hybridized carbons (Fsp3) is 0.485. The Balaban J connectivity index is 1.36. The standard InChI is InChI=1S/C33H41N5O3/c1-5-31(40)37-13-14-38(22(3)19-37)32-29-15-21(2)27(28-17-25(39)16-23-9-6-7-11-26(23)28)18-30(29)34-33(35-32)41-20-24-10-8-12-36(24)4/h5-7,9,11,16-17,21-22,24,27,39H,1,8,10,12-15,18-20H2,2-4H3/t21-,22+,24+,27-/m1/s1. The van der Waals surface area contributed by atoms with Crippen LogP contribution in [0.1, 0.15) is 49.4 Å². The molecule has 2 aliphatic heterocycles. The van der Waals surface area contributed by atoms with Crippen molar-refractivity contribution in [2.45, 2.75) is 57.5 Å². The molecule has 1 N–H and O–H groups in total. The number of likely N-dealkylation sites (tertiary alicyclic amines) is 1. The molecule has 216 valence electrons. The van der Waals surface area contributed by atoms with E-state index in [-0.39, 0.29) is 17.9 Å². The number of aromatic nitrogens is 2. The molecule has 2 fully saturated rings. The molecule has 2 aromatic carbocycles. The first-order valence-corrected chi connectivity index (χ1v) is 14.9. The lowest BCUT2D eigenvalue weighted by Crippen LogP contribution is -2.54. The molecule has 8 nitrogen and oxygen atoms in total. The third-order valence-electron chi connectivity index (χ3n) is 9.42. The first kappa shape index (κ1) is 27.5. The molecule has 6 rings (SSSR count). The number of carbonyl (C=O) groups excluding carboxylic acids is 1. The van der Waals surface area contributed by atoms with E-state index >= 15 is 0 Å². The first-order valence-electron chi connectivity index (χ1n) is 14.9. The molecule has 4 atom stereocenters. The zero-order valence-corrected chi connectivity index (χ0v) is 24.4. The highest BCUT2D eigenvalue weighted by Gasteiger charge is 2.36. The monoisotopic (exact) mass is 555 g/mol. The number of phenolic OH excluding ortho intramolecular Hbond substituents is 1. The van der Waals surface area contributed by atoms with Gasteiger partial charge in [-0.25, -0.2) is 0 Å². The highest BCUT2D eigenvalue weighted by molar-refractivity contribution is 5.88. The molecule has 3 heterocycles. The van der Waals surface area contributed by atoms with Gasteiger partial charge in [-0.1, -0.05) is 37.8 Å². The predicted octanol–water partition coefficient (Wildman–Crippen LogP) is 4.55. The number of hydrogen-bond donors (Lipinski definition) is 1. The van der Waals surface area contributed by atoms with Crippen LogP contribution < -0.4 is 9.64 Å². The molecule has 3 aliphatic rings. The molecule has 0 saturated carbocycles. The van der Waals surface area contributed by atoms with Crippen molar-refractivity contribution in [3.8, 4) is 11.8 Å². The fourth-order valence-electron chi connectivity index (χ4n) is 7.06. The van der Waals surface area contributed by atoms with Crippen molar-refractivity contribution in [1.82, 2.24) is 19.8 Å². The molecular formula is C33H41N5O3. The summed E-state index contributed by atoms with van der Waals surface area (Å²) >= 11 is 0. The van der Waals surface area contributed by atoms with Crippen molar-refractivity contribution >= 4 is 22.5 Å². The minimum atomic E-state index is -0.0271. The van der Waals surface area contributed by atoms with Crippen molar-refractivity contribution < 1.29 is 14.6 Å². The zero-order valence-electron chi connectivity index (χ0n) is 24.4. The third kappa shape index (κ3) is 5.37. The predicted molar refractivity (Wildman–Crippen MR) is 162 cm³/mol. The minimum Gasteiger partial charge on any atom is -0.508 e. The van der Waals surface area contributed by atoms with E-state index in [1.54, 1.807) is 0 Å². The molecule has 41 heavy (non-hydrogen) atoms. The van der Waals surface area contributed by atoms with E-state index in [1.807, 2.05) is 23.1 Å². The van der Waals surface area contributed by atoms with E-state index in [1.165, 1.54) is 29.0 Å². The van der Waals surface area contributed by atoms with Crippen LogP contribution in [0.3, 0.4) is 0 Å². The van der Waals surface area contributed by atoms with E-state index in [0.29, 0.717) is 50.0 Å². The average molecular weight is 556 g/mol. The summed E-state index contributed by atoms with van der Waals surface area (Å²) in [5.74, 6) is 1.74. The number of fused-ring (bicyclic) bond motifs is 2. The zero-order chi connectivity index (χ0) is 28.7. The van der Waals surface area contributed by atoms with E-state index in [4.69, 9.17) is 14.7 Å². The van der Waals surface area contributed by atoms with Crippen molar-refractivity contribution in [1.29, 1.82) is 0 Å². The second-order valence-corrected chi connectivity index (χ2v) is 12.1. The molecule has 1 amide bonds. The highest BCUT2D eigenvalue weighted by atomic mass is 16.5. The van der Waals surface area contributed by atoms with Crippen molar-refractivity contribution in [2.24, 2.45) is 5.92 Å². The quantitative estimate of drug-likeness (QED) is 0.447. The Morgan fingerprint density at radius 3 is 2.73 bits per heavy atom. The number of benzene rings is 2. The molecule has 0 unspecified atom stereocenters. The molecule has 1 aliphatic carbocycles. The number of phenols is 1. The molecular weight excluding hydrogens is 514 g/mol. The Kier molecular flexibility index (Phi) is 7.60. The number of ether oxygens (including phenoxy) is 1. The second-order valence-electron chi connectivity index (χ2n) is 12.1. The SMILES string of the molecule is C=CC(=O)N1CCN(c2nc(OC[C@@H]3CCCN3C)nc3c2C[C@@H](C)[C@H](c2cc(O)cc4ccccc24)C3)[C@@H](C)C1. The number of piperazine rings is 1. The minimum absolute atomic E-state index is 0.0271. The van der Waals surface area contributed by atoms with Crippen LogP contribution >= 0.6 is 0 Å². The van der Waals surface area contributed by atoms with Gasteiger partial charge in [0.1, 0.15) is 18.2 Å². The van der Waals surface area contributed by atoms with E-state index in [0.717, 1.165) is 42.7 Å².